The Kier molecular flexibility index (Phi) is 6.53. The van der Waals surface area contributed by atoms with Gasteiger partial charge in [0.2, 0.25) is 0 Å². The lowest BCUT2D eigenvalue weighted by Crippen LogP contribution is -1.97. The summed E-state index contributed by atoms with van der Waals surface area (Å²) in [5.41, 5.74) is 2.12. The van der Waals surface area contributed by atoms with Crippen LogP contribution in [0.15, 0.2) is 109 Å². The number of pyridine rings is 2. The fourth-order valence-electron chi connectivity index (χ4n) is 2.47. The molecule has 0 aliphatic heterocycles. The van der Waals surface area contributed by atoms with Gasteiger partial charge in [-0.25, -0.2) is 0 Å². The molecule has 0 unspecified atom stereocenters. The predicted molar refractivity (Wildman–Crippen MR) is 112 cm³/mol. The van der Waals surface area contributed by atoms with Crippen molar-refractivity contribution in [1.82, 2.24) is 9.97 Å². The molecule has 0 bridgehead atoms. The summed E-state index contributed by atoms with van der Waals surface area (Å²) in [6, 6.07) is 24.2. The Balaban J connectivity index is 0.000000122. The van der Waals surface area contributed by atoms with E-state index >= 15 is 0 Å². The molecule has 0 N–H and O–H groups in total. The van der Waals surface area contributed by atoms with Crippen molar-refractivity contribution in [2.24, 2.45) is 0 Å². The van der Waals surface area contributed by atoms with E-state index in [0.717, 1.165) is 11.0 Å². The zero-order valence-corrected chi connectivity index (χ0v) is 15.1. The van der Waals surface area contributed by atoms with Crippen LogP contribution in [-0.4, -0.2) is 21.5 Å². The Morgan fingerprint density at radius 3 is 1.21 bits per heavy atom. The number of carbonyl (C=O) groups is 2. The Labute approximate surface area is 162 Å². The molecule has 0 saturated heterocycles. The average Bonchev–Trinajstić information content (AvgIpc) is 2.77. The zero-order valence-electron chi connectivity index (χ0n) is 15.1. The second-order valence-electron chi connectivity index (χ2n) is 5.86. The largest absolute Gasteiger partial charge is 0.290 e. The van der Waals surface area contributed by atoms with Gasteiger partial charge in [0.25, 0.3) is 0 Å². The topological polar surface area (TPSA) is 59.9 Å². The normalized spacial score (nSPS) is 12.1. The van der Waals surface area contributed by atoms with Crippen LogP contribution >= 0.6 is 0 Å². The second-order valence-corrected chi connectivity index (χ2v) is 5.86. The summed E-state index contributed by atoms with van der Waals surface area (Å²) < 4.78 is 0. The Morgan fingerprint density at radius 1 is 0.464 bits per heavy atom. The first-order valence-corrected chi connectivity index (χ1v) is 8.76. The molecule has 2 aromatic heterocycles. The number of rotatable bonds is 0. The molecule has 5 rings (SSSR count). The number of para-hydroxylation sites is 2. The van der Waals surface area contributed by atoms with Gasteiger partial charge in [-0.15, -0.1) is 0 Å². The number of fused-ring (bicyclic) bond motifs is 2. The summed E-state index contributed by atoms with van der Waals surface area (Å²) >= 11 is 0. The van der Waals surface area contributed by atoms with Gasteiger partial charge in [0.05, 0.1) is 11.0 Å². The second kappa shape index (κ2) is 9.69. The van der Waals surface area contributed by atoms with Gasteiger partial charge in [-0.2, -0.15) is 0 Å². The number of aromatic nitrogens is 2. The molecule has 1 aliphatic rings. The van der Waals surface area contributed by atoms with Gasteiger partial charge in [-0.05, 0) is 48.6 Å². The van der Waals surface area contributed by atoms with Crippen molar-refractivity contribution in [3.8, 4) is 0 Å². The molecule has 2 aromatic carbocycles. The Morgan fingerprint density at radius 2 is 0.821 bits per heavy atom. The minimum Gasteiger partial charge on any atom is -0.290 e. The molecular weight excluding hydrogens is 348 g/mol. The van der Waals surface area contributed by atoms with Gasteiger partial charge in [-0.3, -0.25) is 19.6 Å². The van der Waals surface area contributed by atoms with Crippen LogP contribution in [0.25, 0.3) is 21.8 Å². The van der Waals surface area contributed by atoms with E-state index in [9.17, 15) is 9.59 Å². The van der Waals surface area contributed by atoms with E-state index in [0.29, 0.717) is 0 Å². The Hall–Kier alpha value is -3.92. The van der Waals surface area contributed by atoms with E-state index in [1.807, 2.05) is 60.9 Å². The summed E-state index contributed by atoms with van der Waals surface area (Å²) in [5, 5.41) is 2.40. The predicted octanol–water partition coefficient (Wildman–Crippen LogP) is 4.72. The highest BCUT2D eigenvalue weighted by molar-refractivity contribution is 6.14. The molecule has 136 valence electrons. The molecule has 0 saturated carbocycles. The summed E-state index contributed by atoms with van der Waals surface area (Å²) in [6.07, 6.45) is 8.62. The maximum Gasteiger partial charge on any atom is 0.178 e. The van der Waals surface area contributed by atoms with E-state index in [1.54, 1.807) is 0 Å². The van der Waals surface area contributed by atoms with E-state index in [2.05, 4.69) is 34.2 Å². The standard InChI is InChI=1S/2C9H7N.C6H4O2/c2*1-2-6-9-8(4-1)5-3-7-10-9;7-5-1-2-6(8)4-3-5/h2*1-7H;1-4H. The van der Waals surface area contributed by atoms with Gasteiger partial charge < -0.3 is 0 Å². The van der Waals surface area contributed by atoms with Gasteiger partial charge in [0.1, 0.15) is 0 Å². The van der Waals surface area contributed by atoms with Gasteiger partial charge in [0, 0.05) is 23.2 Å². The van der Waals surface area contributed by atoms with E-state index in [4.69, 9.17) is 0 Å². The quantitative estimate of drug-likeness (QED) is 0.423. The van der Waals surface area contributed by atoms with Crippen LogP contribution < -0.4 is 0 Å². The molecule has 0 amide bonds. The molecule has 0 spiro atoms. The molecule has 1 aliphatic carbocycles. The fourth-order valence-corrected chi connectivity index (χ4v) is 2.47. The number of carbonyl (C=O) groups excluding carboxylic acids is 2. The SMILES string of the molecule is O=C1C=CC(=O)C=C1.c1ccc2ncccc2c1.c1ccc2ncccc2c1. The van der Waals surface area contributed by atoms with Crippen LogP contribution in [0.4, 0.5) is 0 Å². The third kappa shape index (κ3) is 5.54. The number of benzene rings is 2. The van der Waals surface area contributed by atoms with E-state index < -0.39 is 0 Å². The number of hydrogen-bond acceptors (Lipinski definition) is 4. The molecule has 4 aromatic rings. The molecule has 28 heavy (non-hydrogen) atoms. The summed E-state index contributed by atoms with van der Waals surface area (Å²) in [6.45, 7) is 0. The first-order chi connectivity index (χ1) is 13.7. The summed E-state index contributed by atoms with van der Waals surface area (Å²) in [7, 11) is 0. The zero-order chi connectivity index (χ0) is 19.6. The lowest BCUT2D eigenvalue weighted by atomic mass is 10.2. The Bertz CT molecular complexity index is 923. The maximum atomic E-state index is 10.3. The highest BCUT2D eigenvalue weighted by Crippen LogP contribution is 2.08. The maximum absolute atomic E-state index is 10.3. The van der Waals surface area contributed by atoms with Crippen molar-refractivity contribution in [2.75, 3.05) is 0 Å². The molecule has 4 nitrogen and oxygen atoms in total. The van der Waals surface area contributed by atoms with Crippen molar-refractivity contribution >= 4 is 33.4 Å². The van der Waals surface area contributed by atoms with Crippen molar-refractivity contribution < 1.29 is 9.59 Å². The summed E-state index contributed by atoms with van der Waals surface area (Å²) in [5.74, 6) is -0.241. The van der Waals surface area contributed by atoms with Crippen LogP contribution in [-0.2, 0) is 9.59 Å². The van der Waals surface area contributed by atoms with Crippen LogP contribution in [0.5, 0.6) is 0 Å². The molecule has 2 heterocycles. The van der Waals surface area contributed by atoms with Crippen LogP contribution in [0.3, 0.4) is 0 Å². The lowest BCUT2D eigenvalue weighted by Gasteiger charge is -1.91. The minimum absolute atomic E-state index is 0.121. The third-order valence-electron chi connectivity index (χ3n) is 3.85. The van der Waals surface area contributed by atoms with Crippen molar-refractivity contribution in [3.05, 3.63) is 109 Å². The first kappa shape index (κ1) is 18.9. The number of ketones is 2. The molecule has 4 heteroatoms. The minimum atomic E-state index is -0.121. The van der Waals surface area contributed by atoms with Crippen molar-refractivity contribution in [2.45, 2.75) is 0 Å². The van der Waals surface area contributed by atoms with Crippen LogP contribution in [0.2, 0.25) is 0 Å². The van der Waals surface area contributed by atoms with Crippen LogP contribution in [0.1, 0.15) is 0 Å². The first-order valence-electron chi connectivity index (χ1n) is 8.76. The number of hydrogen-bond donors (Lipinski definition) is 0. The molecular formula is C24H18N2O2. The van der Waals surface area contributed by atoms with Gasteiger partial charge >= 0.3 is 0 Å². The lowest BCUT2D eigenvalue weighted by molar-refractivity contribution is -0.113. The fraction of sp³-hybridized carbons (Fsp3) is 0. The van der Waals surface area contributed by atoms with Crippen LogP contribution in [0, 0.1) is 0 Å². The third-order valence-corrected chi connectivity index (χ3v) is 3.85. The smallest absolute Gasteiger partial charge is 0.178 e. The van der Waals surface area contributed by atoms with Gasteiger partial charge in [0.15, 0.2) is 11.6 Å². The van der Waals surface area contributed by atoms with E-state index in [1.165, 1.54) is 35.1 Å². The molecule has 0 atom stereocenters. The highest BCUT2D eigenvalue weighted by Gasteiger charge is 1.98. The van der Waals surface area contributed by atoms with Crippen molar-refractivity contribution in [1.29, 1.82) is 0 Å². The van der Waals surface area contributed by atoms with Gasteiger partial charge in [-0.1, -0.05) is 48.5 Å². The molecule has 0 radical (unpaired) electrons. The number of allylic oxidation sites excluding steroid dienone is 4. The monoisotopic (exact) mass is 366 g/mol. The van der Waals surface area contributed by atoms with E-state index in [-0.39, 0.29) is 11.6 Å². The average molecular weight is 366 g/mol. The van der Waals surface area contributed by atoms with Crippen molar-refractivity contribution in [3.63, 3.8) is 0 Å². The summed E-state index contributed by atoms with van der Waals surface area (Å²) in [4.78, 5) is 28.9. The number of nitrogens with zero attached hydrogens (tertiary/aromatic N) is 2. The molecule has 0 fully saturated rings. The highest BCUT2D eigenvalue weighted by atomic mass is 16.1.